The number of anilines is 1. The van der Waals surface area contributed by atoms with Crippen molar-refractivity contribution in [2.75, 3.05) is 23.4 Å². The molecule has 0 radical (unpaired) electrons. The summed E-state index contributed by atoms with van der Waals surface area (Å²) in [6.07, 6.45) is 2.52. The van der Waals surface area contributed by atoms with E-state index in [1.54, 1.807) is 0 Å². The SMILES string of the molecule is CC(NC(=O)CC1CSCCN1)c1ccc(NC(=O)C2CC2)cc1. The van der Waals surface area contributed by atoms with Gasteiger partial charge >= 0.3 is 0 Å². The van der Waals surface area contributed by atoms with Crippen LogP contribution in [0.5, 0.6) is 0 Å². The van der Waals surface area contributed by atoms with Gasteiger partial charge in [-0.25, -0.2) is 0 Å². The fourth-order valence-corrected chi connectivity index (χ4v) is 3.75. The summed E-state index contributed by atoms with van der Waals surface area (Å²) < 4.78 is 0. The van der Waals surface area contributed by atoms with Crippen molar-refractivity contribution in [3.8, 4) is 0 Å². The smallest absolute Gasteiger partial charge is 0.227 e. The highest BCUT2D eigenvalue weighted by Crippen LogP contribution is 2.30. The third kappa shape index (κ3) is 4.98. The summed E-state index contributed by atoms with van der Waals surface area (Å²) in [6, 6.07) is 7.96. The van der Waals surface area contributed by atoms with Crippen LogP contribution in [0.25, 0.3) is 0 Å². The van der Waals surface area contributed by atoms with E-state index in [4.69, 9.17) is 0 Å². The van der Waals surface area contributed by atoms with Crippen LogP contribution in [0.4, 0.5) is 5.69 Å². The number of amides is 2. The molecule has 1 saturated carbocycles. The highest BCUT2D eigenvalue weighted by Gasteiger charge is 2.29. The molecule has 0 spiro atoms. The molecule has 1 aliphatic heterocycles. The Hall–Kier alpha value is -1.53. The van der Waals surface area contributed by atoms with Crippen molar-refractivity contribution in [1.29, 1.82) is 0 Å². The predicted octanol–water partition coefficient (Wildman–Crippen LogP) is 2.31. The summed E-state index contributed by atoms with van der Waals surface area (Å²) in [6.45, 7) is 2.96. The van der Waals surface area contributed by atoms with Crippen LogP contribution in [-0.2, 0) is 9.59 Å². The second kappa shape index (κ2) is 8.03. The van der Waals surface area contributed by atoms with Crippen molar-refractivity contribution in [1.82, 2.24) is 10.6 Å². The topological polar surface area (TPSA) is 70.2 Å². The second-order valence-corrected chi connectivity index (χ2v) is 7.75. The molecule has 0 aromatic heterocycles. The lowest BCUT2D eigenvalue weighted by molar-refractivity contribution is -0.122. The molecule has 3 rings (SSSR count). The minimum Gasteiger partial charge on any atom is -0.350 e. The molecule has 5 nitrogen and oxygen atoms in total. The number of hydrogen-bond acceptors (Lipinski definition) is 4. The number of rotatable bonds is 6. The van der Waals surface area contributed by atoms with Crippen molar-refractivity contribution in [2.24, 2.45) is 5.92 Å². The molecule has 2 unspecified atom stereocenters. The van der Waals surface area contributed by atoms with Crippen LogP contribution in [-0.4, -0.2) is 35.9 Å². The van der Waals surface area contributed by atoms with Gasteiger partial charge in [-0.3, -0.25) is 9.59 Å². The van der Waals surface area contributed by atoms with E-state index in [1.165, 1.54) is 0 Å². The monoisotopic (exact) mass is 347 g/mol. The molecule has 2 fully saturated rings. The highest BCUT2D eigenvalue weighted by molar-refractivity contribution is 7.99. The maximum absolute atomic E-state index is 12.2. The molecule has 3 N–H and O–H groups in total. The third-order valence-corrected chi connectivity index (χ3v) is 5.56. The Morgan fingerprint density at radius 3 is 2.67 bits per heavy atom. The normalized spacial score (nSPS) is 21.8. The van der Waals surface area contributed by atoms with Gasteiger partial charge in [0.15, 0.2) is 0 Å². The van der Waals surface area contributed by atoms with Crippen LogP contribution in [0.15, 0.2) is 24.3 Å². The Kier molecular flexibility index (Phi) is 5.79. The second-order valence-electron chi connectivity index (χ2n) is 6.60. The highest BCUT2D eigenvalue weighted by atomic mass is 32.2. The third-order valence-electron chi connectivity index (χ3n) is 4.43. The van der Waals surface area contributed by atoms with Crippen molar-refractivity contribution in [2.45, 2.75) is 38.3 Å². The first-order valence-corrected chi connectivity index (χ1v) is 9.78. The number of benzene rings is 1. The lowest BCUT2D eigenvalue weighted by Crippen LogP contribution is -2.41. The molecule has 130 valence electrons. The number of thioether (sulfide) groups is 1. The van der Waals surface area contributed by atoms with Gasteiger partial charge in [0.2, 0.25) is 11.8 Å². The van der Waals surface area contributed by atoms with Gasteiger partial charge in [-0.2, -0.15) is 11.8 Å². The van der Waals surface area contributed by atoms with E-state index in [0.717, 1.165) is 42.1 Å². The van der Waals surface area contributed by atoms with Crippen LogP contribution in [0.1, 0.15) is 37.8 Å². The molecular weight excluding hydrogens is 322 g/mol. The first-order valence-electron chi connectivity index (χ1n) is 8.63. The van der Waals surface area contributed by atoms with Gasteiger partial charge < -0.3 is 16.0 Å². The van der Waals surface area contributed by atoms with Crippen molar-refractivity contribution < 1.29 is 9.59 Å². The van der Waals surface area contributed by atoms with E-state index >= 15 is 0 Å². The maximum atomic E-state index is 12.2. The van der Waals surface area contributed by atoms with E-state index in [-0.39, 0.29) is 29.8 Å². The van der Waals surface area contributed by atoms with Gasteiger partial charge in [0.05, 0.1) is 6.04 Å². The van der Waals surface area contributed by atoms with Gasteiger partial charge in [-0.1, -0.05) is 12.1 Å². The minimum atomic E-state index is -0.0399. The van der Waals surface area contributed by atoms with E-state index in [2.05, 4.69) is 16.0 Å². The molecule has 1 heterocycles. The summed E-state index contributed by atoms with van der Waals surface area (Å²) in [5, 5.41) is 9.37. The number of nitrogens with one attached hydrogen (secondary N) is 3. The fraction of sp³-hybridized carbons (Fsp3) is 0.556. The molecule has 1 aliphatic carbocycles. The Labute approximate surface area is 147 Å². The molecular formula is C18H25N3O2S. The lowest BCUT2D eigenvalue weighted by atomic mass is 10.1. The van der Waals surface area contributed by atoms with Crippen molar-refractivity contribution >= 4 is 29.3 Å². The van der Waals surface area contributed by atoms with E-state index < -0.39 is 0 Å². The first-order chi connectivity index (χ1) is 11.6. The van der Waals surface area contributed by atoms with Crippen LogP contribution >= 0.6 is 11.8 Å². The van der Waals surface area contributed by atoms with Crippen LogP contribution in [0.2, 0.25) is 0 Å². The van der Waals surface area contributed by atoms with Gasteiger partial charge in [0.1, 0.15) is 0 Å². The number of carbonyl (C=O) groups excluding carboxylic acids is 2. The maximum Gasteiger partial charge on any atom is 0.227 e. The van der Waals surface area contributed by atoms with Crippen LogP contribution in [0, 0.1) is 5.92 Å². The van der Waals surface area contributed by atoms with Crippen molar-refractivity contribution in [3.63, 3.8) is 0 Å². The van der Waals surface area contributed by atoms with E-state index in [1.807, 2.05) is 43.0 Å². The fourth-order valence-electron chi connectivity index (χ4n) is 2.80. The van der Waals surface area contributed by atoms with Gasteiger partial charge in [-0.15, -0.1) is 0 Å². The summed E-state index contributed by atoms with van der Waals surface area (Å²) in [7, 11) is 0. The lowest BCUT2D eigenvalue weighted by Gasteiger charge is -2.23. The molecule has 0 bridgehead atoms. The standard InChI is InChI=1S/C18H25N3O2S/c1-12(20-17(22)10-16-11-24-9-8-19-16)13-4-6-15(7-5-13)21-18(23)14-2-3-14/h4-7,12,14,16,19H,2-3,8-11H2,1H3,(H,20,22)(H,21,23). The van der Waals surface area contributed by atoms with E-state index in [0.29, 0.717) is 6.42 Å². The molecule has 6 heteroatoms. The summed E-state index contributed by atoms with van der Waals surface area (Å²) in [4.78, 5) is 23.9. The molecule has 1 aromatic rings. The summed E-state index contributed by atoms with van der Waals surface area (Å²) in [5.41, 5.74) is 1.86. The van der Waals surface area contributed by atoms with Crippen molar-refractivity contribution in [3.05, 3.63) is 29.8 Å². The van der Waals surface area contributed by atoms with Gasteiger partial charge in [-0.05, 0) is 37.5 Å². The molecule has 2 atom stereocenters. The molecule has 1 aromatic carbocycles. The van der Waals surface area contributed by atoms with Gasteiger partial charge in [0.25, 0.3) is 0 Å². The Bertz CT molecular complexity index is 580. The Morgan fingerprint density at radius 2 is 2.04 bits per heavy atom. The quantitative estimate of drug-likeness (QED) is 0.738. The minimum absolute atomic E-state index is 0.0399. The zero-order valence-electron chi connectivity index (χ0n) is 14.0. The molecule has 2 aliphatic rings. The Morgan fingerprint density at radius 1 is 1.29 bits per heavy atom. The zero-order chi connectivity index (χ0) is 16.9. The van der Waals surface area contributed by atoms with E-state index in [9.17, 15) is 9.59 Å². The molecule has 24 heavy (non-hydrogen) atoms. The van der Waals surface area contributed by atoms with Gasteiger partial charge in [0, 0.05) is 42.1 Å². The summed E-state index contributed by atoms with van der Waals surface area (Å²) in [5.74, 6) is 2.51. The Balaban J connectivity index is 1.47. The zero-order valence-corrected chi connectivity index (χ0v) is 14.8. The molecule has 2 amide bonds. The first kappa shape index (κ1) is 17.3. The largest absolute Gasteiger partial charge is 0.350 e. The number of hydrogen-bond donors (Lipinski definition) is 3. The average Bonchev–Trinajstić information content (AvgIpc) is 3.41. The number of carbonyl (C=O) groups is 2. The van der Waals surface area contributed by atoms with Crippen LogP contribution in [0.3, 0.4) is 0 Å². The average molecular weight is 347 g/mol. The summed E-state index contributed by atoms with van der Waals surface area (Å²) >= 11 is 1.90. The van der Waals surface area contributed by atoms with Crippen LogP contribution < -0.4 is 16.0 Å². The molecule has 1 saturated heterocycles. The predicted molar refractivity (Wildman–Crippen MR) is 98.1 cm³/mol.